The van der Waals surface area contributed by atoms with E-state index in [2.05, 4.69) is 15.9 Å². The van der Waals surface area contributed by atoms with Gasteiger partial charge in [-0.15, -0.1) is 0 Å². The molecule has 0 heterocycles. The SMILES string of the molecule is N[C@H](c1c(F)cc(Br)cc1F)[C@@H](O)Cc1ccccc1. The summed E-state index contributed by atoms with van der Waals surface area (Å²) in [6.07, 6.45) is -0.834. The highest BCUT2D eigenvalue weighted by atomic mass is 79.9. The molecular weight excluding hydrogens is 328 g/mol. The van der Waals surface area contributed by atoms with Crippen molar-refractivity contribution in [3.05, 3.63) is 69.7 Å². The second kappa shape index (κ2) is 6.43. The molecule has 3 N–H and O–H groups in total. The van der Waals surface area contributed by atoms with E-state index in [-0.39, 0.29) is 12.0 Å². The van der Waals surface area contributed by atoms with Crippen molar-refractivity contribution in [1.82, 2.24) is 0 Å². The van der Waals surface area contributed by atoms with Gasteiger partial charge >= 0.3 is 0 Å². The van der Waals surface area contributed by atoms with Crippen LogP contribution in [-0.2, 0) is 6.42 Å². The molecule has 20 heavy (non-hydrogen) atoms. The molecule has 0 amide bonds. The van der Waals surface area contributed by atoms with E-state index in [0.29, 0.717) is 4.47 Å². The van der Waals surface area contributed by atoms with Gasteiger partial charge in [-0.25, -0.2) is 8.78 Å². The molecular formula is C15H14BrF2NO. The zero-order valence-corrected chi connectivity index (χ0v) is 12.1. The molecule has 0 aliphatic carbocycles. The Morgan fingerprint density at radius 1 is 1.10 bits per heavy atom. The highest BCUT2D eigenvalue weighted by molar-refractivity contribution is 9.10. The maximum absolute atomic E-state index is 13.8. The fourth-order valence-corrected chi connectivity index (χ4v) is 2.45. The normalized spacial score (nSPS) is 14.1. The summed E-state index contributed by atoms with van der Waals surface area (Å²) >= 11 is 3.00. The lowest BCUT2D eigenvalue weighted by Crippen LogP contribution is -2.29. The van der Waals surface area contributed by atoms with Crippen molar-refractivity contribution in [2.24, 2.45) is 5.73 Å². The third kappa shape index (κ3) is 3.42. The van der Waals surface area contributed by atoms with Crippen LogP contribution in [0.1, 0.15) is 17.2 Å². The van der Waals surface area contributed by atoms with Gasteiger partial charge in [0, 0.05) is 16.5 Å². The molecule has 2 aromatic rings. The molecule has 2 atom stereocenters. The zero-order chi connectivity index (χ0) is 14.7. The van der Waals surface area contributed by atoms with E-state index in [9.17, 15) is 13.9 Å². The van der Waals surface area contributed by atoms with Gasteiger partial charge in [0.2, 0.25) is 0 Å². The summed E-state index contributed by atoms with van der Waals surface area (Å²) in [7, 11) is 0. The number of aliphatic hydroxyl groups is 1. The predicted molar refractivity (Wildman–Crippen MR) is 77.1 cm³/mol. The van der Waals surface area contributed by atoms with E-state index < -0.39 is 23.8 Å². The second-order valence-corrected chi connectivity index (χ2v) is 5.48. The van der Waals surface area contributed by atoms with Gasteiger partial charge in [-0.3, -0.25) is 0 Å². The van der Waals surface area contributed by atoms with Crippen molar-refractivity contribution < 1.29 is 13.9 Å². The molecule has 106 valence electrons. The maximum atomic E-state index is 13.8. The summed E-state index contributed by atoms with van der Waals surface area (Å²) in [6, 6.07) is 10.3. The monoisotopic (exact) mass is 341 g/mol. The van der Waals surface area contributed by atoms with Crippen LogP contribution in [0.15, 0.2) is 46.9 Å². The Kier molecular flexibility index (Phi) is 4.86. The van der Waals surface area contributed by atoms with Crippen molar-refractivity contribution >= 4 is 15.9 Å². The van der Waals surface area contributed by atoms with Crippen molar-refractivity contribution in [3.63, 3.8) is 0 Å². The maximum Gasteiger partial charge on any atom is 0.132 e. The van der Waals surface area contributed by atoms with Crippen LogP contribution in [-0.4, -0.2) is 11.2 Å². The van der Waals surface area contributed by atoms with Gasteiger partial charge in [0.1, 0.15) is 11.6 Å². The highest BCUT2D eigenvalue weighted by Crippen LogP contribution is 2.26. The van der Waals surface area contributed by atoms with Crippen LogP contribution in [0.2, 0.25) is 0 Å². The molecule has 0 radical (unpaired) electrons. The molecule has 2 rings (SSSR count). The van der Waals surface area contributed by atoms with Crippen LogP contribution in [0.4, 0.5) is 8.78 Å². The summed E-state index contributed by atoms with van der Waals surface area (Å²) in [5.41, 5.74) is 6.35. The van der Waals surface area contributed by atoms with Crippen molar-refractivity contribution in [3.8, 4) is 0 Å². The Labute approximate surface area is 124 Å². The largest absolute Gasteiger partial charge is 0.391 e. The third-order valence-electron chi connectivity index (χ3n) is 3.08. The number of hydrogen-bond donors (Lipinski definition) is 2. The predicted octanol–water partition coefficient (Wildman–Crippen LogP) is 3.33. The number of hydrogen-bond acceptors (Lipinski definition) is 2. The van der Waals surface area contributed by atoms with Crippen LogP contribution >= 0.6 is 15.9 Å². The molecule has 5 heteroatoms. The van der Waals surface area contributed by atoms with Crippen LogP contribution in [0.5, 0.6) is 0 Å². The Morgan fingerprint density at radius 2 is 1.65 bits per heavy atom. The van der Waals surface area contributed by atoms with E-state index in [1.807, 2.05) is 30.3 Å². The smallest absolute Gasteiger partial charge is 0.132 e. The van der Waals surface area contributed by atoms with Gasteiger partial charge in [0.25, 0.3) is 0 Å². The quantitative estimate of drug-likeness (QED) is 0.895. The van der Waals surface area contributed by atoms with E-state index in [0.717, 1.165) is 17.7 Å². The molecule has 0 aliphatic rings. The summed E-state index contributed by atoms with van der Waals surface area (Å²) < 4.78 is 27.9. The fourth-order valence-electron chi connectivity index (χ4n) is 2.05. The lowest BCUT2D eigenvalue weighted by Gasteiger charge is -2.20. The number of nitrogens with two attached hydrogens (primary N) is 1. The molecule has 0 bridgehead atoms. The molecule has 0 aromatic heterocycles. The second-order valence-electron chi connectivity index (χ2n) is 4.57. The molecule has 0 saturated heterocycles. The number of benzene rings is 2. The van der Waals surface area contributed by atoms with Gasteiger partial charge in [-0.2, -0.15) is 0 Å². The minimum Gasteiger partial charge on any atom is -0.391 e. The summed E-state index contributed by atoms with van der Waals surface area (Å²) in [5.74, 6) is -1.53. The minimum atomic E-state index is -1.12. The van der Waals surface area contributed by atoms with Crippen LogP contribution in [0, 0.1) is 11.6 Å². The van der Waals surface area contributed by atoms with E-state index in [1.165, 1.54) is 0 Å². The Bertz CT molecular complexity index is 569. The van der Waals surface area contributed by atoms with E-state index in [4.69, 9.17) is 5.73 Å². The molecule has 0 spiro atoms. The number of rotatable bonds is 4. The standard InChI is InChI=1S/C15H14BrF2NO/c16-10-7-11(17)14(12(18)8-10)15(19)13(20)6-9-4-2-1-3-5-9/h1-5,7-8,13,15,20H,6,19H2/t13-,15-/m0/s1. The van der Waals surface area contributed by atoms with Gasteiger partial charge in [-0.1, -0.05) is 46.3 Å². The van der Waals surface area contributed by atoms with Gasteiger partial charge in [0.05, 0.1) is 12.1 Å². The first-order valence-corrected chi connectivity index (χ1v) is 6.90. The van der Waals surface area contributed by atoms with Crippen LogP contribution < -0.4 is 5.73 Å². The van der Waals surface area contributed by atoms with Crippen molar-refractivity contribution in [2.45, 2.75) is 18.6 Å². The number of halogens is 3. The lowest BCUT2D eigenvalue weighted by molar-refractivity contribution is 0.141. The van der Waals surface area contributed by atoms with Crippen molar-refractivity contribution in [1.29, 1.82) is 0 Å². The molecule has 0 aliphatic heterocycles. The average molecular weight is 342 g/mol. The Hall–Kier alpha value is -1.30. The first kappa shape index (κ1) is 15.1. The lowest BCUT2D eigenvalue weighted by atomic mass is 9.96. The van der Waals surface area contributed by atoms with E-state index >= 15 is 0 Å². The van der Waals surface area contributed by atoms with Crippen LogP contribution in [0.25, 0.3) is 0 Å². The summed E-state index contributed by atoms with van der Waals surface area (Å²) in [6.45, 7) is 0. The van der Waals surface area contributed by atoms with Gasteiger partial charge < -0.3 is 10.8 Å². The zero-order valence-electron chi connectivity index (χ0n) is 10.6. The minimum absolute atomic E-state index is 0.233. The average Bonchev–Trinajstić information content (AvgIpc) is 2.38. The van der Waals surface area contributed by atoms with Crippen LogP contribution in [0.3, 0.4) is 0 Å². The van der Waals surface area contributed by atoms with E-state index in [1.54, 1.807) is 0 Å². The molecule has 0 saturated carbocycles. The van der Waals surface area contributed by atoms with Gasteiger partial charge in [-0.05, 0) is 17.7 Å². The number of aliphatic hydroxyl groups excluding tert-OH is 1. The van der Waals surface area contributed by atoms with Crippen molar-refractivity contribution in [2.75, 3.05) is 0 Å². The Balaban J connectivity index is 2.21. The van der Waals surface area contributed by atoms with Gasteiger partial charge in [0.15, 0.2) is 0 Å². The summed E-state index contributed by atoms with van der Waals surface area (Å²) in [4.78, 5) is 0. The first-order valence-electron chi connectivity index (χ1n) is 6.11. The molecule has 0 fully saturated rings. The molecule has 0 unspecified atom stereocenters. The fraction of sp³-hybridized carbons (Fsp3) is 0.200. The third-order valence-corrected chi connectivity index (χ3v) is 3.54. The first-order chi connectivity index (χ1) is 9.49. The molecule has 2 nitrogen and oxygen atoms in total. The highest BCUT2D eigenvalue weighted by Gasteiger charge is 2.24. The molecule has 2 aromatic carbocycles. The Morgan fingerprint density at radius 3 is 2.20 bits per heavy atom. The topological polar surface area (TPSA) is 46.2 Å². The summed E-state index contributed by atoms with van der Waals surface area (Å²) in [5, 5.41) is 10.1.